The first-order valence-electron chi connectivity index (χ1n) is 4.19. The van der Waals surface area contributed by atoms with Gasteiger partial charge in [-0.25, -0.2) is 0 Å². The van der Waals surface area contributed by atoms with Crippen molar-refractivity contribution in [2.45, 2.75) is 38.1 Å². The van der Waals surface area contributed by atoms with E-state index in [-0.39, 0.29) is 0 Å². The molecule has 12 heavy (non-hydrogen) atoms. The molecule has 0 heterocycles. The lowest BCUT2D eigenvalue weighted by atomic mass is 10.2. The number of hydrogen-bond acceptors (Lipinski definition) is 0. The van der Waals surface area contributed by atoms with Gasteiger partial charge in [-0.15, -0.1) is 44.8 Å². The Kier molecular flexibility index (Phi) is 8.64. The molecule has 0 amide bonds. The molecule has 0 unspecified atom stereocenters. The third-order valence-corrected chi connectivity index (χ3v) is 4.48. The van der Waals surface area contributed by atoms with Gasteiger partial charge in [-0.3, -0.25) is 0 Å². The number of alkyl halides is 1. The summed E-state index contributed by atoms with van der Waals surface area (Å²) >= 11 is 22.7. The van der Waals surface area contributed by atoms with Crippen LogP contribution in [0, 0.1) is 0 Å². The molecule has 0 rings (SSSR count). The van der Waals surface area contributed by atoms with Crippen LogP contribution >= 0.6 is 44.8 Å². The fourth-order valence-corrected chi connectivity index (χ4v) is 2.99. The van der Waals surface area contributed by atoms with E-state index in [1.807, 2.05) is 0 Å². The van der Waals surface area contributed by atoms with Crippen LogP contribution in [0.5, 0.6) is 0 Å². The molecule has 0 fully saturated rings. The zero-order chi connectivity index (χ0) is 9.45. The van der Waals surface area contributed by atoms with E-state index >= 15 is 0 Å². The van der Waals surface area contributed by atoms with Gasteiger partial charge in [-0.05, 0) is 12.5 Å². The van der Waals surface area contributed by atoms with Gasteiger partial charge in [0.1, 0.15) is 0 Å². The van der Waals surface area contributed by atoms with E-state index in [9.17, 15) is 0 Å². The third-order valence-electron chi connectivity index (χ3n) is 1.59. The zero-order valence-corrected chi connectivity index (χ0v) is 11.0. The van der Waals surface area contributed by atoms with Crippen LogP contribution in [0.1, 0.15) is 32.1 Å². The SMILES string of the molecule is ClCCCCCCC[Si](Cl)(Cl)Cl. The summed E-state index contributed by atoms with van der Waals surface area (Å²) in [6.07, 6.45) is 5.72. The molecule has 0 aliphatic rings. The molecule has 0 nitrogen and oxygen atoms in total. The lowest BCUT2D eigenvalue weighted by Gasteiger charge is -2.06. The fourth-order valence-electron chi connectivity index (χ4n) is 0.950. The molecule has 0 aliphatic carbocycles. The van der Waals surface area contributed by atoms with E-state index in [4.69, 9.17) is 44.8 Å². The van der Waals surface area contributed by atoms with Crippen LogP contribution in [0.15, 0.2) is 0 Å². The van der Waals surface area contributed by atoms with Crippen LogP contribution in [0.2, 0.25) is 6.04 Å². The minimum Gasteiger partial charge on any atom is -0.127 e. The predicted molar refractivity (Wildman–Crippen MR) is 61.9 cm³/mol. The van der Waals surface area contributed by atoms with Crippen molar-refractivity contribution in [3.63, 3.8) is 0 Å². The molecular weight excluding hydrogens is 254 g/mol. The monoisotopic (exact) mass is 266 g/mol. The van der Waals surface area contributed by atoms with Gasteiger partial charge in [-0.1, -0.05) is 25.7 Å². The summed E-state index contributed by atoms with van der Waals surface area (Å²) in [6, 6.07) is -1.54. The molecule has 0 N–H and O–H groups in total. The molecule has 5 heteroatoms. The first-order valence-corrected chi connectivity index (χ1v) is 9.96. The number of rotatable bonds is 7. The molecule has 0 aromatic rings. The van der Waals surface area contributed by atoms with Gasteiger partial charge in [0.2, 0.25) is 0 Å². The maximum absolute atomic E-state index is 5.72. The summed E-state index contributed by atoms with van der Waals surface area (Å²) in [5.74, 6) is 0.763. The van der Waals surface area contributed by atoms with Crippen LogP contribution in [-0.4, -0.2) is 11.9 Å². The van der Waals surface area contributed by atoms with Crippen LogP contribution in [0.4, 0.5) is 0 Å². The normalized spacial score (nSPS) is 12.0. The average Bonchev–Trinajstić information content (AvgIpc) is 1.94. The first kappa shape index (κ1) is 13.4. The summed E-state index contributed by atoms with van der Waals surface area (Å²) in [5, 5.41) is 0. The minimum absolute atomic E-state index is 0.763. The van der Waals surface area contributed by atoms with E-state index in [1.165, 1.54) is 12.8 Å². The Bertz CT molecular complexity index is 102. The van der Waals surface area contributed by atoms with Gasteiger partial charge in [-0.2, -0.15) is 0 Å². The highest BCUT2D eigenvalue weighted by Gasteiger charge is 2.23. The number of halogens is 4. The van der Waals surface area contributed by atoms with E-state index in [0.717, 1.165) is 31.2 Å². The lowest BCUT2D eigenvalue weighted by molar-refractivity contribution is 0.657. The van der Waals surface area contributed by atoms with E-state index in [0.29, 0.717) is 0 Å². The van der Waals surface area contributed by atoms with Crippen molar-refractivity contribution in [2.75, 3.05) is 5.88 Å². The summed E-state index contributed by atoms with van der Waals surface area (Å²) in [5.41, 5.74) is 0. The summed E-state index contributed by atoms with van der Waals surface area (Å²) < 4.78 is 0. The third kappa shape index (κ3) is 11.4. The molecule has 0 saturated carbocycles. The van der Waals surface area contributed by atoms with Crippen molar-refractivity contribution >= 4 is 50.8 Å². The summed E-state index contributed by atoms with van der Waals surface area (Å²) in [4.78, 5) is 0. The smallest absolute Gasteiger partial charge is 0.127 e. The molecule has 0 radical (unpaired) electrons. The molecule has 0 aromatic heterocycles. The van der Waals surface area contributed by atoms with Crippen molar-refractivity contribution in [2.24, 2.45) is 0 Å². The molecule has 74 valence electrons. The van der Waals surface area contributed by atoms with Crippen molar-refractivity contribution in [3.05, 3.63) is 0 Å². The quantitative estimate of drug-likeness (QED) is 0.268. The Morgan fingerprint density at radius 3 is 1.75 bits per heavy atom. The molecule has 0 bridgehead atoms. The second kappa shape index (κ2) is 7.75. The van der Waals surface area contributed by atoms with Crippen molar-refractivity contribution in [1.82, 2.24) is 0 Å². The van der Waals surface area contributed by atoms with Crippen LogP contribution in [0.3, 0.4) is 0 Å². The number of hydrogen-bond donors (Lipinski definition) is 0. The number of unbranched alkanes of at least 4 members (excludes halogenated alkanes) is 4. The van der Waals surface area contributed by atoms with Crippen molar-refractivity contribution in [1.29, 1.82) is 0 Å². The first-order chi connectivity index (χ1) is 5.56. The van der Waals surface area contributed by atoms with Crippen LogP contribution in [-0.2, 0) is 0 Å². The van der Waals surface area contributed by atoms with Gasteiger partial charge >= 0.3 is 6.00 Å². The maximum atomic E-state index is 5.72. The Morgan fingerprint density at radius 2 is 1.25 bits per heavy atom. The standard InChI is InChI=1S/C7H14Cl4Si/c8-6-4-2-1-3-5-7-12(9,10)11/h1-7H2. The second-order valence-corrected chi connectivity index (χ2v) is 12.5. The minimum atomic E-state index is -2.34. The topological polar surface area (TPSA) is 0 Å². The summed E-state index contributed by atoms with van der Waals surface area (Å²) in [6.45, 7) is 0. The predicted octanol–water partition coefficient (Wildman–Crippen LogP) is 4.83. The van der Waals surface area contributed by atoms with Gasteiger partial charge in [0.05, 0.1) is 0 Å². The average molecular weight is 268 g/mol. The Labute approximate surface area is 94.6 Å². The van der Waals surface area contributed by atoms with Crippen LogP contribution in [0.25, 0.3) is 0 Å². The zero-order valence-electron chi connectivity index (χ0n) is 6.96. The largest absolute Gasteiger partial charge is 0.341 e. The van der Waals surface area contributed by atoms with Crippen LogP contribution < -0.4 is 0 Å². The molecule has 0 atom stereocenters. The highest BCUT2D eigenvalue weighted by atomic mass is 35.8. The van der Waals surface area contributed by atoms with Gasteiger partial charge < -0.3 is 0 Å². The second-order valence-electron chi connectivity index (χ2n) is 2.82. The Balaban J connectivity index is 3.01. The van der Waals surface area contributed by atoms with Gasteiger partial charge in [0.25, 0.3) is 0 Å². The van der Waals surface area contributed by atoms with Crippen molar-refractivity contribution in [3.8, 4) is 0 Å². The van der Waals surface area contributed by atoms with Gasteiger partial charge in [0.15, 0.2) is 0 Å². The highest BCUT2D eigenvalue weighted by Crippen LogP contribution is 2.27. The van der Waals surface area contributed by atoms with E-state index < -0.39 is 6.00 Å². The molecule has 0 aromatic carbocycles. The molecular formula is C7H14Cl4Si. The van der Waals surface area contributed by atoms with E-state index in [1.54, 1.807) is 0 Å². The maximum Gasteiger partial charge on any atom is 0.341 e. The van der Waals surface area contributed by atoms with Gasteiger partial charge in [0, 0.05) is 5.88 Å². The van der Waals surface area contributed by atoms with E-state index in [2.05, 4.69) is 0 Å². The lowest BCUT2D eigenvalue weighted by Crippen LogP contribution is -2.07. The highest BCUT2D eigenvalue weighted by molar-refractivity contribution is 7.64. The molecule has 0 saturated heterocycles. The molecule has 0 aliphatic heterocycles. The Morgan fingerprint density at radius 1 is 0.750 bits per heavy atom. The summed E-state index contributed by atoms with van der Waals surface area (Å²) in [7, 11) is 0. The fraction of sp³-hybridized carbons (Fsp3) is 1.00. The Hall–Kier alpha value is 1.38. The van der Waals surface area contributed by atoms with Crippen molar-refractivity contribution < 1.29 is 0 Å². The molecule has 0 spiro atoms.